The number of quaternary nitrogens is 1. The van der Waals surface area contributed by atoms with Crippen LogP contribution in [0.1, 0.15) is 105 Å². The Morgan fingerprint density at radius 1 is 1.00 bits per heavy atom. The fourth-order valence-corrected chi connectivity index (χ4v) is 10.7. The summed E-state index contributed by atoms with van der Waals surface area (Å²) in [7, 11) is 0. The summed E-state index contributed by atoms with van der Waals surface area (Å²) in [5.41, 5.74) is -0.531. The predicted octanol–water partition coefficient (Wildman–Crippen LogP) is 3.66. The molecule has 0 spiro atoms. The second-order valence-electron chi connectivity index (χ2n) is 15.3. The van der Waals surface area contributed by atoms with Crippen molar-refractivity contribution in [1.82, 2.24) is 0 Å². The van der Waals surface area contributed by atoms with E-state index in [4.69, 9.17) is 4.74 Å². The Hall–Kier alpha value is -0.690. The standard InChI is InChI=1S/C32H55NO5/c1-19(6-9-28(37)38-30(2,3)20-11-14-33-15-12-20)23-7-8-24-29-25(18-27(36)32(23,24)5)31(4)13-10-22(34)16-21(31)17-26(29)35/h19-27,29,33-36H,6-18H2,1-5H3/p+1/t19-,21+,22?,23-,24+,25+,26?,27?,29+,31+,32-/m1/s1. The van der Waals surface area contributed by atoms with Crippen molar-refractivity contribution in [2.24, 2.45) is 52.3 Å². The highest BCUT2D eigenvalue weighted by molar-refractivity contribution is 5.69. The molecule has 6 heteroatoms. The van der Waals surface area contributed by atoms with Crippen LogP contribution in [0.4, 0.5) is 0 Å². The van der Waals surface area contributed by atoms with E-state index in [1.165, 1.54) is 0 Å². The van der Waals surface area contributed by atoms with Gasteiger partial charge in [0.15, 0.2) is 0 Å². The summed E-state index contributed by atoms with van der Waals surface area (Å²) in [5.74, 6) is 2.24. The van der Waals surface area contributed by atoms with Crippen molar-refractivity contribution in [2.45, 2.75) is 129 Å². The molecule has 1 saturated heterocycles. The predicted molar refractivity (Wildman–Crippen MR) is 147 cm³/mol. The quantitative estimate of drug-likeness (QED) is 0.390. The van der Waals surface area contributed by atoms with Crippen LogP contribution in [0.15, 0.2) is 0 Å². The Balaban J connectivity index is 1.24. The molecule has 5 N–H and O–H groups in total. The molecule has 38 heavy (non-hydrogen) atoms. The van der Waals surface area contributed by atoms with E-state index < -0.39 is 5.60 Å². The van der Waals surface area contributed by atoms with Gasteiger partial charge in [0, 0.05) is 25.2 Å². The topological polar surface area (TPSA) is 104 Å². The maximum absolute atomic E-state index is 12.9. The van der Waals surface area contributed by atoms with E-state index in [9.17, 15) is 20.1 Å². The number of rotatable bonds is 6. The zero-order valence-corrected chi connectivity index (χ0v) is 24.7. The average Bonchev–Trinajstić information content (AvgIpc) is 3.23. The SMILES string of the molecule is C[C@H](CCC(=O)OC(C)(C)C1CC[NH2+]CC1)[C@H]1CC[C@H]2[C@@H]3C(O)C[C@@H]4CC(O)CC[C@]4(C)[C@H]3CC(O)[C@]12C. The maximum Gasteiger partial charge on any atom is 0.306 e. The molecule has 0 aromatic heterocycles. The molecule has 0 aromatic carbocycles. The summed E-state index contributed by atoms with van der Waals surface area (Å²) < 4.78 is 6.04. The van der Waals surface area contributed by atoms with Crippen LogP contribution in [0.25, 0.3) is 0 Å². The van der Waals surface area contributed by atoms with Gasteiger partial charge in [-0.2, -0.15) is 0 Å². The molecule has 5 aliphatic rings. The number of esters is 1. The van der Waals surface area contributed by atoms with Gasteiger partial charge in [-0.1, -0.05) is 20.8 Å². The Morgan fingerprint density at radius 3 is 2.42 bits per heavy atom. The first-order valence-corrected chi connectivity index (χ1v) is 16.0. The molecule has 5 rings (SSSR count). The Bertz CT molecular complexity index is 857. The largest absolute Gasteiger partial charge is 0.459 e. The Kier molecular flexibility index (Phi) is 8.05. The van der Waals surface area contributed by atoms with E-state index in [1.807, 2.05) is 0 Å². The summed E-state index contributed by atoms with van der Waals surface area (Å²) >= 11 is 0. The summed E-state index contributed by atoms with van der Waals surface area (Å²) in [6.07, 6.45) is 8.77. The number of nitrogens with two attached hydrogens (primary N) is 1. The molecule has 6 nitrogen and oxygen atoms in total. The molecule has 218 valence electrons. The number of carbonyl (C=O) groups is 1. The maximum atomic E-state index is 12.9. The Labute approximate surface area is 230 Å². The van der Waals surface area contributed by atoms with Crippen LogP contribution in [-0.2, 0) is 9.53 Å². The lowest BCUT2D eigenvalue weighted by Gasteiger charge is -2.63. The van der Waals surface area contributed by atoms with E-state index in [0.29, 0.717) is 41.9 Å². The second-order valence-corrected chi connectivity index (χ2v) is 15.3. The lowest BCUT2D eigenvalue weighted by Crippen LogP contribution is -2.86. The minimum absolute atomic E-state index is 0.0819. The van der Waals surface area contributed by atoms with Crippen LogP contribution in [0.5, 0.6) is 0 Å². The molecule has 0 radical (unpaired) electrons. The smallest absolute Gasteiger partial charge is 0.306 e. The summed E-state index contributed by atoms with van der Waals surface area (Å²) in [6, 6.07) is 0. The molecule has 5 fully saturated rings. The van der Waals surface area contributed by atoms with Crippen molar-refractivity contribution in [3.05, 3.63) is 0 Å². The van der Waals surface area contributed by atoms with E-state index >= 15 is 0 Å². The fraction of sp³-hybridized carbons (Fsp3) is 0.969. The van der Waals surface area contributed by atoms with Crippen molar-refractivity contribution in [2.75, 3.05) is 13.1 Å². The number of aliphatic hydroxyl groups is 3. The molecule has 4 saturated carbocycles. The molecule has 0 aromatic rings. The highest BCUT2D eigenvalue weighted by Gasteiger charge is 2.65. The fourth-order valence-electron chi connectivity index (χ4n) is 10.7. The molecule has 1 heterocycles. The molecule has 4 aliphatic carbocycles. The third-order valence-corrected chi connectivity index (χ3v) is 13.1. The second kappa shape index (κ2) is 10.6. The molecule has 0 bridgehead atoms. The van der Waals surface area contributed by atoms with E-state index in [1.54, 1.807) is 0 Å². The van der Waals surface area contributed by atoms with Crippen LogP contribution >= 0.6 is 0 Å². The van der Waals surface area contributed by atoms with Crippen molar-refractivity contribution >= 4 is 5.97 Å². The number of piperidine rings is 1. The number of hydrogen-bond acceptors (Lipinski definition) is 5. The summed E-state index contributed by atoms with van der Waals surface area (Å²) in [6.45, 7) is 13.3. The molecule has 1 aliphatic heterocycles. The van der Waals surface area contributed by atoms with Crippen molar-refractivity contribution in [3.8, 4) is 0 Å². The molecule has 0 amide bonds. The zero-order valence-electron chi connectivity index (χ0n) is 24.7. The minimum atomic E-state index is -0.409. The third-order valence-electron chi connectivity index (χ3n) is 13.1. The first kappa shape index (κ1) is 28.8. The van der Waals surface area contributed by atoms with Gasteiger partial charge >= 0.3 is 5.97 Å². The van der Waals surface area contributed by atoms with Crippen LogP contribution in [-0.4, -0.2) is 58.3 Å². The first-order chi connectivity index (χ1) is 17.9. The van der Waals surface area contributed by atoms with E-state index in [0.717, 1.165) is 77.3 Å². The number of fused-ring (bicyclic) bond motifs is 5. The van der Waals surface area contributed by atoms with Gasteiger partial charge in [-0.25, -0.2) is 0 Å². The molecular formula is C32H56NO5+. The lowest BCUT2D eigenvalue weighted by molar-refractivity contribution is -0.665. The number of hydrogen-bond donors (Lipinski definition) is 4. The van der Waals surface area contributed by atoms with Gasteiger partial charge in [0.1, 0.15) is 5.60 Å². The highest BCUT2D eigenvalue weighted by Crippen LogP contribution is 2.68. The summed E-state index contributed by atoms with van der Waals surface area (Å²) in [4.78, 5) is 12.9. The molecule has 11 atom stereocenters. The van der Waals surface area contributed by atoms with E-state index in [-0.39, 0.29) is 41.0 Å². The number of ether oxygens (including phenoxy) is 1. The number of carbonyl (C=O) groups excluding carboxylic acids is 1. The molecule has 3 unspecified atom stereocenters. The monoisotopic (exact) mass is 534 g/mol. The van der Waals surface area contributed by atoms with Crippen molar-refractivity contribution in [1.29, 1.82) is 0 Å². The Morgan fingerprint density at radius 2 is 1.71 bits per heavy atom. The van der Waals surface area contributed by atoms with Crippen LogP contribution in [0, 0.1) is 52.3 Å². The average molecular weight is 535 g/mol. The number of aliphatic hydroxyl groups excluding tert-OH is 3. The van der Waals surface area contributed by atoms with Crippen molar-refractivity contribution < 1.29 is 30.2 Å². The van der Waals surface area contributed by atoms with Crippen LogP contribution in [0.2, 0.25) is 0 Å². The zero-order chi connectivity index (χ0) is 27.5. The van der Waals surface area contributed by atoms with Gasteiger partial charge in [0.25, 0.3) is 0 Å². The van der Waals surface area contributed by atoms with Crippen LogP contribution in [0.3, 0.4) is 0 Å². The van der Waals surface area contributed by atoms with Gasteiger partial charge in [-0.05, 0) is 112 Å². The lowest BCUT2D eigenvalue weighted by atomic mass is 9.43. The van der Waals surface area contributed by atoms with Gasteiger partial charge < -0.3 is 25.4 Å². The van der Waals surface area contributed by atoms with Gasteiger partial charge in [0.05, 0.1) is 31.4 Å². The normalized spacial score (nSPS) is 46.5. The first-order valence-electron chi connectivity index (χ1n) is 16.0. The third kappa shape index (κ3) is 4.88. The van der Waals surface area contributed by atoms with Crippen LogP contribution < -0.4 is 5.32 Å². The van der Waals surface area contributed by atoms with Gasteiger partial charge in [0.2, 0.25) is 0 Å². The van der Waals surface area contributed by atoms with Gasteiger partial charge in [-0.3, -0.25) is 4.79 Å². The highest BCUT2D eigenvalue weighted by atomic mass is 16.6. The summed E-state index contributed by atoms with van der Waals surface area (Å²) in [5, 5.41) is 36.0. The van der Waals surface area contributed by atoms with E-state index in [2.05, 4.69) is 39.9 Å². The van der Waals surface area contributed by atoms with Crippen molar-refractivity contribution in [3.63, 3.8) is 0 Å². The van der Waals surface area contributed by atoms with Gasteiger partial charge in [-0.15, -0.1) is 0 Å². The molecular weight excluding hydrogens is 478 g/mol. The minimum Gasteiger partial charge on any atom is -0.459 e.